The summed E-state index contributed by atoms with van der Waals surface area (Å²) >= 11 is 0. The highest BCUT2D eigenvalue weighted by Gasteiger charge is 2.23. The molecule has 0 saturated carbocycles. The lowest BCUT2D eigenvalue weighted by Gasteiger charge is -2.22. The molecule has 0 radical (unpaired) electrons. The number of hydrogen-bond donors (Lipinski definition) is 4. The minimum absolute atomic E-state index is 0.298. The Morgan fingerprint density at radius 1 is 1.17 bits per heavy atom. The second-order valence-corrected chi connectivity index (χ2v) is 7.10. The van der Waals surface area contributed by atoms with Gasteiger partial charge in [0.05, 0.1) is 13.2 Å². The van der Waals surface area contributed by atoms with Gasteiger partial charge in [0, 0.05) is 0 Å². The predicted octanol–water partition coefficient (Wildman–Crippen LogP) is 1.47. The fourth-order valence-electron chi connectivity index (χ4n) is 1.99. The molecule has 2 atom stereocenters. The van der Waals surface area contributed by atoms with Crippen molar-refractivity contribution in [2.24, 2.45) is 5.73 Å². The molecule has 0 spiro atoms. The normalized spacial score (nSPS) is 12.6. The Bertz CT molecular complexity index is 629. The third kappa shape index (κ3) is 13.2. The van der Waals surface area contributed by atoms with Gasteiger partial charge in [-0.1, -0.05) is 30.3 Å². The first-order valence-corrected chi connectivity index (χ1v) is 9.29. The van der Waals surface area contributed by atoms with Gasteiger partial charge in [0.15, 0.2) is 0 Å². The third-order valence-corrected chi connectivity index (χ3v) is 3.34. The fourth-order valence-corrected chi connectivity index (χ4v) is 1.99. The number of carboxylic acid groups (broad SMARTS) is 1. The van der Waals surface area contributed by atoms with E-state index < -0.39 is 35.7 Å². The summed E-state index contributed by atoms with van der Waals surface area (Å²) in [4.78, 5) is 33.2. The van der Waals surface area contributed by atoms with Gasteiger partial charge in [-0.2, -0.15) is 0 Å². The molecule has 0 heterocycles. The Kier molecular flexibility index (Phi) is 12.3. The van der Waals surface area contributed by atoms with E-state index in [4.69, 9.17) is 20.7 Å². The van der Waals surface area contributed by atoms with Crippen molar-refractivity contribution >= 4 is 18.0 Å². The molecule has 1 aromatic rings. The zero-order valence-corrected chi connectivity index (χ0v) is 17.4. The molecular formula is C20H32N2O7. The summed E-state index contributed by atoms with van der Waals surface area (Å²) in [6, 6.07) is 7.70. The quantitative estimate of drug-likeness (QED) is 0.469. The van der Waals surface area contributed by atoms with Crippen LogP contribution in [0.25, 0.3) is 0 Å². The van der Waals surface area contributed by atoms with Crippen molar-refractivity contribution in [3.8, 4) is 0 Å². The second-order valence-electron chi connectivity index (χ2n) is 7.10. The van der Waals surface area contributed by atoms with Crippen LogP contribution in [-0.2, 0) is 25.5 Å². The van der Waals surface area contributed by atoms with Gasteiger partial charge in [0.1, 0.15) is 17.7 Å². The largest absolute Gasteiger partial charge is 0.480 e. The highest BCUT2D eigenvalue weighted by Crippen LogP contribution is 2.09. The molecule has 0 aliphatic rings. The van der Waals surface area contributed by atoms with Gasteiger partial charge in [0.25, 0.3) is 0 Å². The van der Waals surface area contributed by atoms with Crippen LogP contribution in [0.1, 0.15) is 39.7 Å². The van der Waals surface area contributed by atoms with Crippen LogP contribution in [0.15, 0.2) is 30.3 Å². The van der Waals surface area contributed by atoms with Crippen molar-refractivity contribution in [3.63, 3.8) is 0 Å². The van der Waals surface area contributed by atoms with Crippen molar-refractivity contribution in [2.45, 2.75) is 58.2 Å². The number of amides is 1. The summed E-state index contributed by atoms with van der Waals surface area (Å²) < 4.78 is 9.53. The molecule has 0 aliphatic carbocycles. The van der Waals surface area contributed by atoms with Crippen LogP contribution in [0.2, 0.25) is 0 Å². The van der Waals surface area contributed by atoms with E-state index >= 15 is 0 Å². The third-order valence-electron chi connectivity index (χ3n) is 3.34. The lowest BCUT2D eigenvalue weighted by Crippen LogP contribution is -2.43. The van der Waals surface area contributed by atoms with E-state index in [1.165, 1.54) is 0 Å². The van der Waals surface area contributed by atoms with Crippen molar-refractivity contribution in [1.29, 1.82) is 0 Å². The van der Waals surface area contributed by atoms with Crippen molar-refractivity contribution < 1.29 is 34.1 Å². The number of alkyl carbamates (subject to hydrolysis) is 1. The molecule has 1 rings (SSSR count). The van der Waals surface area contributed by atoms with Crippen LogP contribution in [0.3, 0.4) is 0 Å². The van der Waals surface area contributed by atoms with Crippen LogP contribution in [0, 0.1) is 0 Å². The average Bonchev–Trinajstić information content (AvgIpc) is 2.64. The predicted molar refractivity (Wildman–Crippen MR) is 107 cm³/mol. The average molecular weight is 412 g/mol. The maximum Gasteiger partial charge on any atom is 0.408 e. The Morgan fingerprint density at radius 3 is 2.21 bits per heavy atom. The maximum absolute atomic E-state index is 11.6. The zero-order valence-electron chi connectivity index (χ0n) is 17.4. The lowest BCUT2D eigenvalue weighted by atomic mass is 10.1. The van der Waals surface area contributed by atoms with E-state index in [0.717, 1.165) is 5.56 Å². The number of ether oxygens (including phenoxy) is 2. The van der Waals surface area contributed by atoms with Crippen LogP contribution in [0.4, 0.5) is 4.79 Å². The summed E-state index contributed by atoms with van der Waals surface area (Å²) in [5, 5.41) is 19.8. The Labute approximate surface area is 171 Å². The summed E-state index contributed by atoms with van der Waals surface area (Å²) in [5.74, 6) is -1.62. The summed E-state index contributed by atoms with van der Waals surface area (Å²) in [6.45, 7) is 6.80. The fraction of sp³-hybridized carbons (Fsp3) is 0.550. The summed E-state index contributed by atoms with van der Waals surface area (Å²) in [5.41, 5.74) is 5.46. The van der Waals surface area contributed by atoms with Gasteiger partial charge < -0.3 is 30.7 Å². The molecule has 0 fully saturated rings. The van der Waals surface area contributed by atoms with Crippen molar-refractivity contribution in [2.75, 3.05) is 13.2 Å². The first-order valence-electron chi connectivity index (χ1n) is 9.29. The number of aliphatic hydroxyl groups excluding tert-OH is 1. The van der Waals surface area contributed by atoms with E-state index in [1.54, 1.807) is 27.7 Å². The van der Waals surface area contributed by atoms with E-state index in [9.17, 15) is 14.4 Å². The minimum atomic E-state index is -1.06. The first-order chi connectivity index (χ1) is 13.5. The van der Waals surface area contributed by atoms with E-state index in [-0.39, 0.29) is 6.61 Å². The molecule has 164 valence electrons. The number of rotatable bonds is 8. The standard InChI is InChI=1S/C15H21NO4.C5H11NO3/c1-15(2,3)20-14(19)16-12(13(17)18)10-9-11-7-5-4-6-8-11;1-2-9-5(8)4(6)3-7/h4-8,12H,9-10H2,1-3H3,(H,16,19)(H,17,18);4,7H,2-3,6H2,1H3/t12-;4-/m10/s1. The van der Waals surface area contributed by atoms with E-state index in [0.29, 0.717) is 19.4 Å². The lowest BCUT2D eigenvalue weighted by molar-refractivity contribution is -0.145. The van der Waals surface area contributed by atoms with E-state index in [2.05, 4.69) is 10.1 Å². The number of carbonyl (C=O) groups excluding carboxylic acids is 2. The number of benzene rings is 1. The molecule has 9 heteroatoms. The van der Waals surface area contributed by atoms with Gasteiger partial charge in [-0.15, -0.1) is 0 Å². The molecular weight excluding hydrogens is 380 g/mol. The summed E-state index contributed by atoms with van der Waals surface area (Å²) in [7, 11) is 0. The topological polar surface area (TPSA) is 148 Å². The monoisotopic (exact) mass is 412 g/mol. The second kappa shape index (κ2) is 13.5. The van der Waals surface area contributed by atoms with Crippen molar-refractivity contribution in [3.05, 3.63) is 35.9 Å². The van der Waals surface area contributed by atoms with Gasteiger partial charge in [0.2, 0.25) is 0 Å². The number of esters is 1. The smallest absolute Gasteiger partial charge is 0.408 e. The Morgan fingerprint density at radius 2 is 1.76 bits per heavy atom. The molecule has 0 aromatic heterocycles. The van der Waals surface area contributed by atoms with Crippen LogP contribution in [-0.4, -0.2) is 59.1 Å². The van der Waals surface area contributed by atoms with Gasteiger partial charge >= 0.3 is 18.0 Å². The number of aryl methyl sites for hydroxylation is 1. The highest BCUT2D eigenvalue weighted by molar-refractivity contribution is 5.80. The first kappa shape index (κ1) is 26.4. The number of carbonyl (C=O) groups is 3. The maximum atomic E-state index is 11.6. The zero-order chi connectivity index (χ0) is 22.4. The number of aliphatic carboxylic acids is 1. The number of hydrogen-bond acceptors (Lipinski definition) is 7. The molecule has 1 amide bonds. The molecule has 0 aliphatic heterocycles. The Balaban J connectivity index is 0.000000734. The van der Waals surface area contributed by atoms with Crippen LogP contribution < -0.4 is 11.1 Å². The molecule has 1 aromatic carbocycles. The number of nitrogens with one attached hydrogen (secondary N) is 1. The molecule has 9 nitrogen and oxygen atoms in total. The molecule has 0 bridgehead atoms. The molecule has 5 N–H and O–H groups in total. The van der Waals surface area contributed by atoms with E-state index in [1.807, 2.05) is 30.3 Å². The number of aliphatic hydroxyl groups is 1. The highest BCUT2D eigenvalue weighted by atomic mass is 16.6. The Hall–Kier alpha value is -2.65. The van der Waals surface area contributed by atoms with Crippen molar-refractivity contribution in [1.82, 2.24) is 5.32 Å². The minimum Gasteiger partial charge on any atom is -0.480 e. The van der Waals surface area contributed by atoms with Crippen LogP contribution >= 0.6 is 0 Å². The van der Waals surface area contributed by atoms with Gasteiger partial charge in [-0.25, -0.2) is 9.59 Å². The van der Waals surface area contributed by atoms with Crippen LogP contribution in [0.5, 0.6) is 0 Å². The number of nitrogens with two attached hydrogens (primary N) is 1. The molecule has 29 heavy (non-hydrogen) atoms. The molecule has 0 saturated heterocycles. The number of carboxylic acids is 1. The van der Waals surface area contributed by atoms with Gasteiger partial charge in [-0.3, -0.25) is 4.79 Å². The summed E-state index contributed by atoms with van der Waals surface area (Å²) in [6.07, 6.45) is 0.185. The SMILES string of the molecule is CC(C)(C)OC(=O)N[C@H](CCc1ccccc1)C(=O)O.CCOC(=O)[C@@H](N)CO. The van der Waals surface area contributed by atoms with Gasteiger partial charge in [-0.05, 0) is 46.1 Å². The molecule has 0 unspecified atom stereocenters.